The molecule has 0 aromatic carbocycles. The Morgan fingerprint density at radius 1 is 1.60 bits per heavy atom. The second kappa shape index (κ2) is 5.14. The van der Waals surface area contributed by atoms with Gasteiger partial charge in [-0.05, 0) is 6.92 Å². The maximum Gasteiger partial charge on any atom is 0.396 e. The first-order valence-electron chi connectivity index (χ1n) is 4.54. The molecule has 0 atom stereocenters. The molecule has 0 spiro atoms. The normalized spacial score (nSPS) is 9.73. The monoisotopic (exact) mass is 211 g/mol. The van der Waals surface area contributed by atoms with Gasteiger partial charge in [-0.15, -0.1) is 0 Å². The molecule has 6 heteroatoms. The van der Waals surface area contributed by atoms with Gasteiger partial charge in [0.2, 0.25) is 0 Å². The second-order valence-electron chi connectivity index (χ2n) is 2.85. The van der Waals surface area contributed by atoms with E-state index in [1.807, 2.05) is 11.5 Å². The number of imidazole rings is 1. The van der Waals surface area contributed by atoms with Gasteiger partial charge in [-0.3, -0.25) is 4.79 Å². The summed E-state index contributed by atoms with van der Waals surface area (Å²) in [6.45, 7) is 3.00. The Morgan fingerprint density at radius 2 is 2.33 bits per heavy atom. The number of aryl methyl sites for hydroxylation is 1. The topological polar surface area (TPSA) is 73.2 Å². The summed E-state index contributed by atoms with van der Waals surface area (Å²) >= 11 is 0. The van der Waals surface area contributed by atoms with Crippen LogP contribution in [0.1, 0.15) is 12.6 Å². The van der Waals surface area contributed by atoms with Gasteiger partial charge in [-0.25, -0.2) is 9.78 Å². The van der Waals surface area contributed by atoms with Crippen LogP contribution in [0, 0.1) is 0 Å². The Bertz CT molecular complexity index is 359. The minimum Gasteiger partial charge on any atom is -0.462 e. The molecule has 0 bridgehead atoms. The molecule has 0 saturated heterocycles. The van der Waals surface area contributed by atoms with Crippen LogP contribution in [0.25, 0.3) is 0 Å². The Kier molecular flexibility index (Phi) is 3.84. The second-order valence-corrected chi connectivity index (χ2v) is 2.85. The zero-order valence-electron chi connectivity index (χ0n) is 8.69. The van der Waals surface area contributed by atoms with Gasteiger partial charge in [0.05, 0.1) is 25.7 Å². The summed E-state index contributed by atoms with van der Waals surface area (Å²) in [6, 6.07) is 0. The van der Waals surface area contributed by atoms with E-state index in [-0.39, 0.29) is 6.54 Å². The van der Waals surface area contributed by atoms with Crippen LogP contribution in [0.2, 0.25) is 0 Å². The third-order valence-electron chi connectivity index (χ3n) is 1.94. The highest BCUT2D eigenvalue weighted by molar-refractivity contribution is 6.32. The lowest BCUT2D eigenvalue weighted by atomic mass is 10.4. The number of hydrogen-bond acceptors (Lipinski definition) is 4. The maximum absolute atomic E-state index is 11.1. The van der Waals surface area contributed by atoms with E-state index in [1.54, 1.807) is 12.5 Å². The number of amides is 1. The summed E-state index contributed by atoms with van der Waals surface area (Å²) < 4.78 is 6.14. The molecular formula is C9H13N3O3. The SMILES string of the molecule is CCn1cncc1CNC(=O)C(=O)OC. The van der Waals surface area contributed by atoms with Gasteiger partial charge in [0.15, 0.2) is 0 Å². The fourth-order valence-corrected chi connectivity index (χ4v) is 1.12. The van der Waals surface area contributed by atoms with E-state index in [0.29, 0.717) is 0 Å². The third-order valence-corrected chi connectivity index (χ3v) is 1.94. The molecule has 0 unspecified atom stereocenters. The maximum atomic E-state index is 11.1. The average molecular weight is 211 g/mol. The van der Waals surface area contributed by atoms with Gasteiger partial charge in [-0.1, -0.05) is 0 Å². The van der Waals surface area contributed by atoms with Crippen molar-refractivity contribution in [3.8, 4) is 0 Å². The summed E-state index contributed by atoms with van der Waals surface area (Å²) in [5.41, 5.74) is 0.842. The molecule has 1 heterocycles. The molecule has 82 valence electrons. The van der Waals surface area contributed by atoms with Crippen molar-refractivity contribution >= 4 is 11.9 Å². The minimum atomic E-state index is -0.891. The molecule has 1 aromatic heterocycles. The largest absolute Gasteiger partial charge is 0.462 e. The number of carbonyl (C=O) groups excluding carboxylic acids is 2. The molecule has 1 aromatic rings. The molecule has 0 radical (unpaired) electrons. The Balaban J connectivity index is 2.50. The number of hydrogen-bond donors (Lipinski definition) is 1. The average Bonchev–Trinajstić information content (AvgIpc) is 2.71. The summed E-state index contributed by atoms with van der Waals surface area (Å²) in [4.78, 5) is 25.8. The fraction of sp³-hybridized carbons (Fsp3) is 0.444. The van der Waals surface area contributed by atoms with Gasteiger partial charge in [0, 0.05) is 12.7 Å². The molecule has 1 rings (SSSR count). The zero-order chi connectivity index (χ0) is 11.3. The van der Waals surface area contributed by atoms with Crippen LogP contribution < -0.4 is 5.32 Å². The van der Waals surface area contributed by atoms with E-state index in [4.69, 9.17) is 0 Å². The number of rotatable bonds is 3. The highest BCUT2D eigenvalue weighted by Gasteiger charge is 2.13. The van der Waals surface area contributed by atoms with Gasteiger partial charge in [0.25, 0.3) is 0 Å². The van der Waals surface area contributed by atoms with Crippen molar-refractivity contribution in [2.75, 3.05) is 7.11 Å². The zero-order valence-corrected chi connectivity index (χ0v) is 8.69. The number of nitrogens with one attached hydrogen (secondary N) is 1. The minimum absolute atomic E-state index is 0.266. The van der Waals surface area contributed by atoms with Crippen molar-refractivity contribution in [1.29, 1.82) is 0 Å². The summed E-state index contributed by atoms with van der Waals surface area (Å²) in [7, 11) is 1.16. The summed E-state index contributed by atoms with van der Waals surface area (Å²) in [5, 5.41) is 2.44. The van der Waals surface area contributed by atoms with Crippen LogP contribution in [0.4, 0.5) is 0 Å². The van der Waals surface area contributed by atoms with Crippen molar-refractivity contribution in [3.63, 3.8) is 0 Å². The summed E-state index contributed by atoms with van der Waals surface area (Å²) in [6.07, 6.45) is 3.31. The van der Waals surface area contributed by atoms with Gasteiger partial charge in [-0.2, -0.15) is 0 Å². The van der Waals surface area contributed by atoms with Crippen molar-refractivity contribution in [2.24, 2.45) is 0 Å². The first kappa shape index (κ1) is 11.2. The number of ether oxygens (including phenoxy) is 1. The molecule has 1 amide bonds. The Hall–Kier alpha value is -1.85. The number of esters is 1. The van der Waals surface area contributed by atoms with Crippen molar-refractivity contribution in [3.05, 3.63) is 18.2 Å². The van der Waals surface area contributed by atoms with Crippen molar-refractivity contribution in [2.45, 2.75) is 20.0 Å². The quantitative estimate of drug-likeness (QED) is 0.550. The first-order valence-corrected chi connectivity index (χ1v) is 4.54. The number of nitrogens with zero attached hydrogens (tertiary/aromatic N) is 2. The Morgan fingerprint density at radius 3 is 2.93 bits per heavy atom. The lowest BCUT2D eigenvalue weighted by Gasteiger charge is -2.05. The van der Waals surface area contributed by atoms with E-state index in [0.717, 1.165) is 19.3 Å². The molecule has 0 aliphatic carbocycles. The lowest BCUT2D eigenvalue weighted by molar-refractivity contribution is -0.152. The Labute approximate surface area is 87.2 Å². The van der Waals surface area contributed by atoms with Crippen LogP contribution in [0.5, 0.6) is 0 Å². The predicted octanol–water partition coefficient (Wildman–Crippen LogP) is -0.308. The van der Waals surface area contributed by atoms with Gasteiger partial charge >= 0.3 is 11.9 Å². The number of aromatic nitrogens is 2. The van der Waals surface area contributed by atoms with Crippen LogP contribution >= 0.6 is 0 Å². The number of carbonyl (C=O) groups is 2. The molecule has 0 fully saturated rings. The van der Waals surface area contributed by atoms with E-state index in [9.17, 15) is 9.59 Å². The standard InChI is InChI=1S/C9H13N3O3/c1-3-12-6-10-4-7(12)5-11-8(13)9(14)15-2/h4,6H,3,5H2,1-2H3,(H,11,13). The predicted molar refractivity (Wildman–Crippen MR) is 51.8 cm³/mol. The molecule has 1 N–H and O–H groups in total. The molecule has 0 aliphatic heterocycles. The third kappa shape index (κ3) is 2.80. The van der Waals surface area contributed by atoms with Crippen molar-refractivity contribution in [1.82, 2.24) is 14.9 Å². The van der Waals surface area contributed by atoms with Crippen LogP contribution in [0.3, 0.4) is 0 Å². The fourth-order valence-electron chi connectivity index (χ4n) is 1.12. The summed E-state index contributed by atoms with van der Waals surface area (Å²) in [5.74, 6) is -1.64. The lowest BCUT2D eigenvalue weighted by Crippen LogP contribution is -2.31. The molecule has 6 nitrogen and oxygen atoms in total. The molecule has 0 aliphatic rings. The molecule has 0 saturated carbocycles. The molecular weight excluding hydrogens is 198 g/mol. The van der Waals surface area contributed by atoms with E-state index in [1.165, 1.54) is 0 Å². The van der Waals surface area contributed by atoms with Crippen LogP contribution in [0.15, 0.2) is 12.5 Å². The number of methoxy groups -OCH3 is 1. The van der Waals surface area contributed by atoms with E-state index >= 15 is 0 Å². The van der Waals surface area contributed by atoms with Gasteiger partial charge in [0.1, 0.15) is 0 Å². The van der Waals surface area contributed by atoms with E-state index in [2.05, 4.69) is 15.0 Å². The van der Waals surface area contributed by atoms with Crippen molar-refractivity contribution < 1.29 is 14.3 Å². The highest BCUT2D eigenvalue weighted by Crippen LogP contribution is 1.97. The highest BCUT2D eigenvalue weighted by atomic mass is 16.5. The van der Waals surface area contributed by atoms with Gasteiger partial charge < -0.3 is 14.6 Å². The van der Waals surface area contributed by atoms with E-state index < -0.39 is 11.9 Å². The first-order chi connectivity index (χ1) is 7.19. The van der Waals surface area contributed by atoms with Crippen LogP contribution in [-0.4, -0.2) is 28.5 Å². The molecule has 15 heavy (non-hydrogen) atoms. The van der Waals surface area contributed by atoms with Crippen LogP contribution in [-0.2, 0) is 27.4 Å². The smallest absolute Gasteiger partial charge is 0.396 e.